The molecule has 0 amide bonds. The highest BCUT2D eigenvalue weighted by Crippen LogP contribution is 2.39. The third-order valence-corrected chi connectivity index (χ3v) is 13.4. The first-order valence-electron chi connectivity index (χ1n) is 10.1. The van der Waals surface area contributed by atoms with Crippen LogP contribution in [0.1, 0.15) is 55.4 Å². The molecule has 0 aromatic rings. The summed E-state index contributed by atoms with van der Waals surface area (Å²) in [5, 5.41) is 0. The third-order valence-electron chi connectivity index (χ3n) is 5.73. The minimum Gasteiger partial charge on any atom is -0.343 e. The van der Waals surface area contributed by atoms with Crippen LogP contribution in [0.3, 0.4) is 0 Å². The number of hydrogen-bond donors (Lipinski definition) is 0. The van der Waals surface area contributed by atoms with Gasteiger partial charge in [-0.1, -0.05) is 39.3 Å². The summed E-state index contributed by atoms with van der Waals surface area (Å²) in [6, 6.07) is 1.16. The van der Waals surface area contributed by atoms with Gasteiger partial charge in [0.1, 0.15) is 16.5 Å². The van der Waals surface area contributed by atoms with Gasteiger partial charge in [0, 0.05) is 29.7 Å². The molecule has 0 radical (unpaired) electrons. The minimum atomic E-state index is -1.37. The molecule has 0 saturated carbocycles. The number of hydrogen-bond acceptors (Lipinski definition) is 3. The van der Waals surface area contributed by atoms with Gasteiger partial charge in [0.2, 0.25) is 0 Å². The summed E-state index contributed by atoms with van der Waals surface area (Å²) in [4.78, 5) is 5.60. The van der Waals surface area contributed by atoms with Gasteiger partial charge in [0.15, 0.2) is 0 Å². The quantitative estimate of drug-likeness (QED) is 0.610. The molecule has 150 valence electrons. The molecule has 0 N–H and O–H groups in total. The summed E-state index contributed by atoms with van der Waals surface area (Å²) in [5.41, 5.74) is 0.367. The maximum atomic E-state index is 2.97. The zero-order chi connectivity index (χ0) is 20.2. The molecule has 1 aliphatic rings. The van der Waals surface area contributed by atoms with Gasteiger partial charge in [0.25, 0.3) is 0 Å². The largest absolute Gasteiger partial charge is 0.343 e. The molecule has 2 atom stereocenters. The fraction of sp³-hybridized carbons (Fsp3) is 1.00. The van der Waals surface area contributed by atoms with Crippen molar-refractivity contribution in [3.63, 3.8) is 0 Å². The Labute approximate surface area is 161 Å². The topological polar surface area (TPSA) is 9.72 Å². The standard InChI is InChI=1S/C20H47N3Si2/c1-16-17(2)23(20(6,7)8)18(22(16)19(3,4)5)15-21(24(9,10)11)25(12,13)14/h16-18H,15H2,1-14H3. The summed E-state index contributed by atoms with van der Waals surface area (Å²) in [7, 11) is -2.74. The van der Waals surface area contributed by atoms with Crippen LogP contribution in [0.25, 0.3) is 0 Å². The van der Waals surface area contributed by atoms with Crippen molar-refractivity contribution in [2.45, 2.75) is 124 Å². The van der Waals surface area contributed by atoms with E-state index in [0.29, 0.717) is 18.2 Å². The van der Waals surface area contributed by atoms with Crippen LogP contribution in [0.15, 0.2) is 0 Å². The van der Waals surface area contributed by atoms with Crippen molar-refractivity contribution >= 4 is 16.5 Å². The maximum Gasteiger partial charge on any atom is 0.112 e. The normalized spacial score (nSPS) is 28.2. The lowest BCUT2D eigenvalue weighted by Gasteiger charge is -2.51. The molecule has 0 aliphatic carbocycles. The Morgan fingerprint density at radius 1 is 0.680 bits per heavy atom. The molecule has 1 rings (SSSR count). The van der Waals surface area contributed by atoms with Crippen molar-refractivity contribution < 1.29 is 0 Å². The minimum absolute atomic E-state index is 0.183. The summed E-state index contributed by atoms with van der Waals surface area (Å²) in [6.07, 6.45) is 0.489. The molecule has 3 nitrogen and oxygen atoms in total. The maximum absolute atomic E-state index is 2.97. The van der Waals surface area contributed by atoms with E-state index >= 15 is 0 Å². The highest BCUT2D eigenvalue weighted by atomic mass is 28.4. The van der Waals surface area contributed by atoms with Gasteiger partial charge in [-0.05, 0) is 55.4 Å². The van der Waals surface area contributed by atoms with Gasteiger partial charge in [-0.25, -0.2) is 0 Å². The average molecular weight is 386 g/mol. The fourth-order valence-electron chi connectivity index (χ4n) is 5.15. The van der Waals surface area contributed by atoms with Gasteiger partial charge >= 0.3 is 0 Å². The second-order valence-corrected chi connectivity index (χ2v) is 22.3. The lowest BCUT2D eigenvalue weighted by Crippen LogP contribution is -2.66. The van der Waals surface area contributed by atoms with Crippen molar-refractivity contribution in [3.8, 4) is 0 Å². The van der Waals surface area contributed by atoms with Crippen LogP contribution in [-0.2, 0) is 0 Å². The van der Waals surface area contributed by atoms with Crippen LogP contribution < -0.4 is 0 Å². The first kappa shape index (κ1) is 23.4. The zero-order valence-electron chi connectivity index (χ0n) is 19.8. The van der Waals surface area contributed by atoms with Crippen LogP contribution in [0.4, 0.5) is 0 Å². The van der Waals surface area contributed by atoms with E-state index in [1.807, 2.05) is 0 Å². The van der Waals surface area contributed by atoms with E-state index in [1.54, 1.807) is 0 Å². The Balaban J connectivity index is 3.40. The predicted molar refractivity (Wildman–Crippen MR) is 119 cm³/mol. The van der Waals surface area contributed by atoms with Crippen LogP contribution in [-0.4, -0.2) is 66.4 Å². The van der Waals surface area contributed by atoms with Crippen LogP contribution >= 0.6 is 0 Å². The predicted octanol–water partition coefficient (Wildman–Crippen LogP) is 5.28. The molecular weight excluding hydrogens is 338 g/mol. The molecular formula is C20H47N3Si2. The van der Waals surface area contributed by atoms with Crippen molar-refractivity contribution in [3.05, 3.63) is 0 Å². The fourth-order valence-corrected chi connectivity index (χ4v) is 14.6. The molecule has 0 spiro atoms. The molecule has 25 heavy (non-hydrogen) atoms. The van der Waals surface area contributed by atoms with Crippen LogP contribution in [0.5, 0.6) is 0 Å². The number of nitrogens with zero attached hydrogens (tertiary/aromatic N) is 3. The Morgan fingerprint density at radius 3 is 1.16 bits per heavy atom. The van der Waals surface area contributed by atoms with Crippen LogP contribution in [0, 0.1) is 0 Å². The lowest BCUT2D eigenvalue weighted by molar-refractivity contribution is -0.00105. The Bertz CT molecular complexity index is 412. The monoisotopic (exact) mass is 385 g/mol. The molecule has 1 heterocycles. The lowest BCUT2D eigenvalue weighted by atomic mass is 10.0. The SMILES string of the molecule is CC1C(C)N(C(C)(C)C)C(CN([Si](C)(C)C)[Si](C)(C)C)N1C(C)(C)C. The summed E-state index contributed by atoms with van der Waals surface area (Å²) in [6.45, 7) is 35.5. The van der Waals surface area contributed by atoms with Gasteiger partial charge in [-0.2, -0.15) is 0 Å². The molecule has 0 aromatic heterocycles. The number of rotatable bonds is 4. The van der Waals surface area contributed by atoms with E-state index in [9.17, 15) is 0 Å². The molecule has 1 aliphatic heterocycles. The van der Waals surface area contributed by atoms with Crippen molar-refractivity contribution in [1.82, 2.24) is 14.0 Å². The highest BCUT2D eigenvalue weighted by Gasteiger charge is 2.52. The summed E-state index contributed by atoms with van der Waals surface area (Å²) < 4.78 is 2.97. The first-order chi connectivity index (χ1) is 10.8. The Kier molecular flexibility index (Phi) is 6.58. The smallest absolute Gasteiger partial charge is 0.112 e. The highest BCUT2D eigenvalue weighted by molar-refractivity contribution is 6.89. The van der Waals surface area contributed by atoms with Gasteiger partial charge in [0.05, 0.1) is 6.17 Å². The van der Waals surface area contributed by atoms with Gasteiger partial charge in [-0.3, -0.25) is 9.80 Å². The van der Waals surface area contributed by atoms with Gasteiger partial charge in [-0.15, -0.1) is 0 Å². The van der Waals surface area contributed by atoms with E-state index in [0.717, 1.165) is 0 Å². The average Bonchev–Trinajstić information content (AvgIpc) is 2.54. The molecule has 1 fully saturated rings. The summed E-state index contributed by atoms with van der Waals surface area (Å²) >= 11 is 0. The Hall–Kier alpha value is 0.314. The molecule has 1 saturated heterocycles. The zero-order valence-corrected chi connectivity index (χ0v) is 21.8. The van der Waals surface area contributed by atoms with Crippen molar-refractivity contribution in [2.75, 3.05) is 6.54 Å². The van der Waals surface area contributed by atoms with E-state index in [1.165, 1.54) is 6.54 Å². The first-order valence-corrected chi connectivity index (χ1v) is 17.0. The Morgan fingerprint density at radius 2 is 0.960 bits per heavy atom. The molecule has 0 bridgehead atoms. The third kappa shape index (κ3) is 5.19. The molecule has 2 unspecified atom stereocenters. The van der Waals surface area contributed by atoms with E-state index < -0.39 is 16.5 Å². The summed E-state index contributed by atoms with van der Waals surface area (Å²) in [5.74, 6) is 0. The van der Waals surface area contributed by atoms with E-state index in [2.05, 4.69) is 109 Å². The van der Waals surface area contributed by atoms with Crippen molar-refractivity contribution in [1.29, 1.82) is 0 Å². The van der Waals surface area contributed by atoms with Gasteiger partial charge < -0.3 is 4.23 Å². The molecule has 0 aromatic carbocycles. The second-order valence-electron chi connectivity index (χ2n) is 12.1. The molecule has 5 heteroatoms. The second kappa shape index (κ2) is 7.04. The van der Waals surface area contributed by atoms with Crippen LogP contribution in [0.2, 0.25) is 39.3 Å². The van der Waals surface area contributed by atoms with Crippen molar-refractivity contribution in [2.24, 2.45) is 0 Å². The van der Waals surface area contributed by atoms with E-state index in [4.69, 9.17) is 0 Å². The van der Waals surface area contributed by atoms with E-state index in [-0.39, 0.29) is 11.1 Å².